The molecule has 3 aliphatic rings. The molecule has 0 radical (unpaired) electrons. The molecule has 0 aliphatic heterocycles. The number of aryl methyl sites for hydroxylation is 1. The molecular formula is C35H39FO4. The maximum absolute atomic E-state index is 15.1. The van der Waals surface area contributed by atoms with E-state index in [2.05, 4.69) is 32.0 Å². The van der Waals surface area contributed by atoms with Crippen molar-refractivity contribution in [3.8, 4) is 22.6 Å². The van der Waals surface area contributed by atoms with Gasteiger partial charge < -0.3 is 14.6 Å². The third kappa shape index (κ3) is 4.57. The lowest BCUT2D eigenvalue weighted by molar-refractivity contribution is -0.150. The van der Waals surface area contributed by atoms with E-state index in [0.29, 0.717) is 23.8 Å². The Hall–Kier alpha value is -3.34. The maximum atomic E-state index is 15.1. The molecule has 210 valence electrons. The third-order valence-corrected chi connectivity index (χ3v) is 10.1. The Morgan fingerprint density at radius 2 is 1.77 bits per heavy atom. The summed E-state index contributed by atoms with van der Waals surface area (Å²) in [5.74, 6) is 0.511. The highest BCUT2D eigenvalue weighted by Crippen LogP contribution is 2.56. The zero-order valence-electron chi connectivity index (χ0n) is 23.8. The van der Waals surface area contributed by atoms with E-state index in [1.54, 1.807) is 19.2 Å². The van der Waals surface area contributed by atoms with Crippen molar-refractivity contribution in [2.45, 2.75) is 83.2 Å². The highest BCUT2D eigenvalue weighted by molar-refractivity contribution is 5.75. The SMILES string of the molecule is COc1ccc(F)c(-c2ccc(COc3ccc4c(c3)[C@@]3(CCC4)CC[C@H]3C(=O)O)cc2[C@@H]2CCCC2(C)C)c1. The largest absolute Gasteiger partial charge is 0.497 e. The molecule has 2 fully saturated rings. The smallest absolute Gasteiger partial charge is 0.307 e. The summed E-state index contributed by atoms with van der Waals surface area (Å²) >= 11 is 0. The van der Waals surface area contributed by atoms with E-state index in [9.17, 15) is 9.90 Å². The molecule has 0 amide bonds. The van der Waals surface area contributed by atoms with Crippen LogP contribution in [0.4, 0.5) is 4.39 Å². The van der Waals surface area contributed by atoms with E-state index in [1.807, 2.05) is 18.2 Å². The van der Waals surface area contributed by atoms with Gasteiger partial charge in [-0.1, -0.05) is 44.5 Å². The Balaban J connectivity index is 1.31. The summed E-state index contributed by atoms with van der Waals surface area (Å²) in [4.78, 5) is 12.0. The molecule has 3 aromatic rings. The van der Waals surface area contributed by atoms with Crippen LogP contribution in [0.1, 0.15) is 87.0 Å². The van der Waals surface area contributed by atoms with E-state index in [-0.39, 0.29) is 22.6 Å². The van der Waals surface area contributed by atoms with Crippen LogP contribution in [0, 0.1) is 17.2 Å². The first-order valence-corrected chi connectivity index (χ1v) is 14.7. The molecule has 0 unspecified atom stereocenters. The molecule has 3 aromatic carbocycles. The van der Waals surface area contributed by atoms with Gasteiger partial charge >= 0.3 is 5.97 Å². The number of aliphatic carboxylic acids is 1. The first-order chi connectivity index (χ1) is 19.2. The Morgan fingerprint density at radius 1 is 0.950 bits per heavy atom. The van der Waals surface area contributed by atoms with Gasteiger partial charge in [0, 0.05) is 11.0 Å². The van der Waals surface area contributed by atoms with Crippen molar-refractivity contribution in [1.29, 1.82) is 0 Å². The van der Waals surface area contributed by atoms with E-state index < -0.39 is 5.97 Å². The fourth-order valence-electron chi connectivity index (χ4n) is 7.82. The monoisotopic (exact) mass is 542 g/mol. The van der Waals surface area contributed by atoms with Crippen molar-refractivity contribution in [1.82, 2.24) is 0 Å². The molecule has 6 rings (SSSR count). The number of carbonyl (C=O) groups is 1. The van der Waals surface area contributed by atoms with Crippen molar-refractivity contribution in [2.24, 2.45) is 11.3 Å². The van der Waals surface area contributed by atoms with Crippen molar-refractivity contribution < 1.29 is 23.8 Å². The first kappa shape index (κ1) is 26.9. The molecule has 0 bridgehead atoms. The molecule has 0 saturated heterocycles. The van der Waals surface area contributed by atoms with Crippen LogP contribution >= 0.6 is 0 Å². The normalized spacial score (nSPS) is 24.8. The summed E-state index contributed by atoms with van der Waals surface area (Å²) in [6.45, 7) is 5.02. The lowest BCUT2D eigenvalue weighted by Crippen LogP contribution is -2.50. The Labute approximate surface area is 236 Å². The number of fused-ring (bicyclic) bond motifs is 2. The molecule has 0 aromatic heterocycles. The highest BCUT2D eigenvalue weighted by Gasteiger charge is 2.53. The fraction of sp³-hybridized carbons (Fsp3) is 0.457. The molecule has 3 atom stereocenters. The number of carboxylic acids is 1. The molecule has 5 heteroatoms. The van der Waals surface area contributed by atoms with Gasteiger partial charge in [-0.25, -0.2) is 4.39 Å². The van der Waals surface area contributed by atoms with E-state index in [1.165, 1.54) is 22.8 Å². The van der Waals surface area contributed by atoms with Crippen LogP contribution in [0.15, 0.2) is 54.6 Å². The van der Waals surface area contributed by atoms with Crippen LogP contribution in [-0.2, 0) is 23.2 Å². The minimum atomic E-state index is -0.680. The second-order valence-corrected chi connectivity index (χ2v) is 12.7. The molecule has 2 saturated carbocycles. The second-order valence-electron chi connectivity index (χ2n) is 12.7. The molecule has 1 N–H and O–H groups in total. The highest BCUT2D eigenvalue weighted by atomic mass is 19.1. The summed E-state index contributed by atoms with van der Waals surface area (Å²) in [6, 6.07) is 17.5. The van der Waals surface area contributed by atoms with Gasteiger partial charge in [0.1, 0.15) is 23.9 Å². The predicted octanol–water partition coefficient (Wildman–Crippen LogP) is 8.44. The van der Waals surface area contributed by atoms with E-state index >= 15 is 4.39 Å². The van der Waals surface area contributed by atoms with Crippen LogP contribution in [0.3, 0.4) is 0 Å². The zero-order valence-corrected chi connectivity index (χ0v) is 23.8. The van der Waals surface area contributed by atoms with Crippen molar-refractivity contribution in [2.75, 3.05) is 7.11 Å². The van der Waals surface area contributed by atoms with E-state index in [0.717, 1.165) is 68.2 Å². The maximum Gasteiger partial charge on any atom is 0.307 e. The number of methoxy groups -OCH3 is 1. The fourth-order valence-corrected chi connectivity index (χ4v) is 7.82. The van der Waals surface area contributed by atoms with Crippen LogP contribution in [0.25, 0.3) is 11.1 Å². The number of rotatable bonds is 7. The molecular weight excluding hydrogens is 503 g/mol. The van der Waals surface area contributed by atoms with Crippen LogP contribution in [-0.4, -0.2) is 18.2 Å². The summed E-state index contributed by atoms with van der Waals surface area (Å²) in [5.41, 5.74) is 6.01. The molecule has 3 aliphatic carbocycles. The van der Waals surface area contributed by atoms with Gasteiger partial charge in [-0.3, -0.25) is 4.79 Å². The van der Waals surface area contributed by atoms with Gasteiger partial charge in [-0.2, -0.15) is 0 Å². The summed E-state index contributed by atoms with van der Waals surface area (Å²) < 4.78 is 26.9. The van der Waals surface area contributed by atoms with Crippen LogP contribution in [0.2, 0.25) is 0 Å². The minimum absolute atomic E-state index is 0.125. The van der Waals surface area contributed by atoms with Gasteiger partial charge in [0.25, 0.3) is 0 Å². The van der Waals surface area contributed by atoms with Gasteiger partial charge in [0.05, 0.1) is 13.0 Å². The standard InChI is InChI=1S/C35H39FO4/c1-34(2)15-5-7-29(34)27-18-22(8-12-26(27)28-19-24(39-3)11-13-32(28)36)21-40-25-10-9-23-6-4-16-35(31(23)20-25)17-14-30(35)33(37)38/h8-13,18-20,29-30H,4-7,14-17,21H2,1-3H3,(H,37,38)/t29-,30-,35-/m0/s1. The zero-order chi connectivity index (χ0) is 28.1. The average molecular weight is 543 g/mol. The van der Waals surface area contributed by atoms with Gasteiger partial charge in [-0.15, -0.1) is 0 Å². The average Bonchev–Trinajstić information content (AvgIpc) is 3.29. The van der Waals surface area contributed by atoms with Gasteiger partial charge in [-0.05, 0) is 114 Å². The van der Waals surface area contributed by atoms with Gasteiger partial charge in [0.15, 0.2) is 0 Å². The van der Waals surface area contributed by atoms with Crippen molar-refractivity contribution in [3.63, 3.8) is 0 Å². The Morgan fingerprint density at radius 3 is 2.48 bits per heavy atom. The summed E-state index contributed by atoms with van der Waals surface area (Å²) in [5, 5.41) is 9.84. The number of ether oxygens (including phenoxy) is 2. The van der Waals surface area contributed by atoms with Crippen molar-refractivity contribution >= 4 is 5.97 Å². The second kappa shape index (κ2) is 10.2. The summed E-state index contributed by atoms with van der Waals surface area (Å²) in [6.07, 6.45) is 8.03. The Bertz CT molecular complexity index is 1440. The van der Waals surface area contributed by atoms with Crippen molar-refractivity contribution in [3.05, 3.63) is 82.7 Å². The van der Waals surface area contributed by atoms with Gasteiger partial charge in [0.2, 0.25) is 0 Å². The Kier molecular flexibility index (Phi) is 6.88. The number of hydrogen-bond acceptors (Lipinski definition) is 3. The predicted molar refractivity (Wildman–Crippen MR) is 155 cm³/mol. The number of carboxylic acid groups (broad SMARTS) is 1. The third-order valence-electron chi connectivity index (χ3n) is 10.1. The topological polar surface area (TPSA) is 55.8 Å². The number of halogens is 1. The number of hydrogen-bond donors (Lipinski definition) is 1. The number of benzene rings is 3. The quantitative estimate of drug-likeness (QED) is 0.325. The van der Waals surface area contributed by atoms with Crippen LogP contribution in [0.5, 0.6) is 11.5 Å². The molecule has 1 spiro atoms. The molecule has 40 heavy (non-hydrogen) atoms. The molecule has 0 heterocycles. The molecule has 4 nitrogen and oxygen atoms in total. The van der Waals surface area contributed by atoms with Crippen LogP contribution < -0.4 is 9.47 Å². The first-order valence-electron chi connectivity index (χ1n) is 14.7. The van der Waals surface area contributed by atoms with E-state index in [4.69, 9.17) is 9.47 Å². The minimum Gasteiger partial charge on any atom is -0.497 e. The lowest BCUT2D eigenvalue weighted by atomic mass is 9.52. The lowest BCUT2D eigenvalue weighted by Gasteiger charge is -2.51. The summed E-state index contributed by atoms with van der Waals surface area (Å²) in [7, 11) is 1.60.